The van der Waals surface area contributed by atoms with E-state index in [1.165, 1.54) is 5.56 Å². The predicted molar refractivity (Wildman–Crippen MR) is 62.2 cm³/mol. The zero-order valence-corrected chi connectivity index (χ0v) is 10.2. The molecule has 0 spiro atoms. The van der Waals surface area contributed by atoms with Gasteiger partial charge in [0.05, 0.1) is 23.2 Å². The van der Waals surface area contributed by atoms with Crippen LogP contribution in [0.1, 0.15) is 12.0 Å². The molecule has 2 atom stereocenters. The second-order valence-corrected chi connectivity index (χ2v) is 5.06. The predicted octanol–water partition coefficient (Wildman–Crippen LogP) is 2.13. The monoisotopic (exact) mass is 268 g/mol. The Morgan fingerprint density at radius 2 is 2.47 bits per heavy atom. The third-order valence-electron chi connectivity index (χ3n) is 3.24. The summed E-state index contributed by atoms with van der Waals surface area (Å²) >= 11 is 3.62. The Hall–Kier alpha value is -0.610. The van der Waals surface area contributed by atoms with E-state index in [1.807, 2.05) is 12.3 Å². The molecule has 2 aliphatic heterocycles. The summed E-state index contributed by atoms with van der Waals surface area (Å²) in [5, 5.41) is 0. The summed E-state index contributed by atoms with van der Waals surface area (Å²) in [5.74, 6) is 1.07. The van der Waals surface area contributed by atoms with Gasteiger partial charge in [-0.05, 0) is 40.9 Å². The molecule has 0 saturated carbocycles. The van der Waals surface area contributed by atoms with E-state index in [2.05, 4.69) is 32.7 Å². The highest BCUT2D eigenvalue weighted by Gasteiger charge is 2.40. The number of anilines is 1. The van der Waals surface area contributed by atoms with Crippen molar-refractivity contribution in [3.63, 3.8) is 0 Å². The van der Waals surface area contributed by atoms with Gasteiger partial charge in [-0.15, -0.1) is 0 Å². The van der Waals surface area contributed by atoms with Crippen LogP contribution in [-0.2, 0) is 4.74 Å². The summed E-state index contributed by atoms with van der Waals surface area (Å²) in [7, 11) is 0. The number of rotatable bonds is 1. The second kappa shape index (κ2) is 3.46. The van der Waals surface area contributed by atoms with Gasteiger partial charge in [-0.1, -0.05) is 0 Å². The molecule has 3 rings (SSSR count). The van der Waals surface area contributed by atoms with Gasteiger partial charge in [0.1, 0.15) is 5.82 Å². The van der Waals surface area contributed by atoms with Gasteiger partial charge in [0.15, 0.2) is 0 Å². The van der Waals surface area contributed by atoms with Crippen LogP contribution in [0.15, 0.2) is 16.7 Å². The van der Waals surface area contributed by atoms with Gasteiger partial charge in [-0.25, -0.2) is 4.98 Å². The number of fused-ring (bicyclic) bond motifs is 2. The molecule has 3 heterocycles. The lowest BCUT2D eigenvalue weighted by Crippen LogP contribution is -2.37. The minimum atomic E-state index is 0.421. The number of aromatic nitrogens is 1. The SMILES string of the molecule is Cc1ccnc(N2CC3CC2CO3)c1Br. The first-order valence-electron chi connectivity index (χ1n) is 5.25. The van der Waals surface area contributed by atoms with Crippen molar-refractivity contribution in [3.05, 3.63) is 22.3 Å². The van der Waals surface area contributed by atoms with Crippen molar-refractivity contribution in [2.75, 3.05) is 18.1 Å². The molecule has 2 unspecified atom stereocenters. The second-order valence-electron chi connectivity index (χ2n) is 4.26. The van der Waals surface area contributed by atoms with Crippen molar-refractivity contribution >= 4 is 21.7 Å². The van der Waals surface area contributed by atoms with E-state index < -0.39 is 0 Å². The Kier molecular flexibility index (Phi) is 2.21. The summed E-state index contributed by atoms with van der Waals surface area (Å²) in [4.78, 5) is 6.83. The molecule has 80 valence electrons. The Bertz CT molecular complexity index is 396. The lowest BCUT2D eigenvalue weighted by Gasteiger charge is -2.28. The van der Waals surface area contributed by atoms with Crippen molar-refractivity contribution in [1.82, 2.24) is 4.98 Å². The van der Waals surface area contributed by atoms with E-state index in [9.17, 15) is 0 Å². The molecule has 2 bridgehead atoms. The molecule has 4 heteroatoms. The lowest BCUT2D eigenvalue weighted by molar-refractivity contribution is 0.0988. The number of nitrogens with zero attached hydrogens (tertiary/aromatic N) is 2. The average Bonchev–Trinajstić information content (AvgIpc) is 2.83. The minimum Gasteiger partial charge on any atom is -0.374 e. The molecule has 2 fully saturated rings. The molecule has 0 amide bonds. The third-order valence-corrected chi connectivity index (χ3v) is 4.22. The van der Waals surface area contributed by atoms with E-state index in [0.717, 1.165) is 29.9 Å². The van der Waals surface area contributed by atoms with Gasteiger partial charge < -0.3 is 9.64 Å². The zero-order valence-electron chi connectivity index (χ0n) is 8.61. The Morgan fingerprint density at radius 3 is 3.13 bits per heavy atom. The number of halogens is 1. The first kappa shape index (κ1) is 9.60. The van der Waals surface area contributed by atoms with Crippen molar-refractivity contribution in [1.29, 1.82) is 0 Å². The molecule has 3 nitrogen and oxygen atoms in total. The molecule has 1 aromatic heterocycles. The number of ether oxygens (including phenoxy) is 1. The van der Waals surface area contributed by atoms with Crippen LogP contribution in [0.4, 0.5) is 5.82 Å². The van der Waals surface area contributed by atoms with Gasteiger partial charge in [0.25, 0.3) is 0 Å². The molecular formula is C11H13BrN2O. The average molecular weight is 269 g/mol. The molecule has 2 aliphatic rings. The summed E-state index contributed by atoms with van der Waals surface area (Å²) in [6.07, 6.45) is 3.45. The first-order valence-corrected chi connectivity index (χ1v) is 6.04. The van der Waals surface area contributed by atoms with E-state index >= 15 is 0 Å². The summed E-state index contributed by atoms with van der Waals surface area (Å²) < 4.78 is 6.71. The van der Waals surface area contributed by atoms with Crippen LogP contribution in [0.2, 0.25) is 0 Å². The van der Waals surface area contributed by atoms with Gasteiger partial charge in [-0.3, -0.25) is 0 Å². The van der Waals surface area contributed by atoms with Crippen molar-refractivity contribution < 1.29 is 4.74 Å². The summed E-state index contributed by atoms with van der Waals surface area (Å²) in [6, 6.07) is 2.55. The maximum atomic E-state index is 5.59. The lowest BCUT2D eigenvalue weighted by atomic mass is 10.2. The number of hydrogen-bond donors (Lipinski definition) is 0. The van der Waals surface area contributed by atoms with Gasteiger partial charge in [-0.2, -0.15) is 0 Å². The molecule has 1 aromatic rings. The highest BCUT2D eigenvalue weighted by Crippen LogP contribution is 2.36. The van der Waals surface area contributed by atoms with E-state index in [1.54, 1.807) is 0 Å². The van der Waals surface area contributed by atoms with Crippen LogP contribution in [0, 0.1) is 6.92 Å². The number of pyridine rings is 1. The number of morpholine rings is 1. The largest absolute Gasteiger partial charge is 0.374 e. The van der Waals surface area contributed by atoms with Crippen molar-refractivity contribution in [3.8, 4) is 0 Å². The zero-order chi connectivity index (χ0) is 10.4. The maximum absolute atomic E-state index is 5.59. The fourth-order valence-corrected chi connectivity index (χ4v) is 2.85. The number of hydrogen-bond acceptors (Lipinski definition) is 3. The molecule has 0 radical (unpaired) electrons. The summed E-state index contributed by atoms with van der Waals surface area (Å²) in [6.45, 7) is 3.94. The van der Waals surface area contributed by atoms with Gasteiger partial charge in [0, 0.05) is 12.7 Å². The Balaban J connectivity index is 1.96. The van der Waals surface area contributed by atoms with Gasteiger partial charge >= 0.3 is 0 Å². The highest BCUT2D eigenvalue weighted by atomic mass is 79.9. The Labute approximate surface area is 97.6 Å². The normalized spacial score (nSPS) is 28.8. The van der Waals surface area contributed by atoms with Crippen molar-refractivity contribution in [2.24, 2.45) is 0 Å². The maximum Gasteiger partial charge on any atom is 0.143 e. The highest BCUT2D eigenvalue weighted by molar-refractivity contribution is 9.10. The fraction of sp³-hybridized carbons (Fsp3) is 0.545. The van der Waals surface area contributed by atoms with Gasteiger partial charge in [0.2, 0.25) is 0 Å². The van der Waals surface area contributed by atoms with Crippen LogP contribution < -0.4 is 4.90 Å². The summed E-state index contributed by atoms with van der Waals surface area (Å²) in [5.41, 5.74) is 1.24. The van der Waals surface area contributed by atoms with E-state index in [0.29, 0.717) is 12.1 Å². The van der Waals surface area contributed by atoms with Crippen LogP contribution in [0.5, 0.6) is 0 Å². The number of aryl methyl sites for hydroxylation is 1. The molecule has 15 heavy (non-hydrogen) atoms. The van der Waals surface area contributed by atoms with Crippen LogP contribution >= 0.6 is 15.9 Å². The molecule has 2 saturated heterocycles. The van der Waals surface area contributed by atoms with Crippen LogP contribution in [-0.4, -0.2) is 30.3 Å². The smallest absolute Gasteiger partial charge is 0.143 e. The standard InChI is InChI=1S/C11H13BrN2O/c1-7-2-3-13-11(10(7)12)14-5-9-4-8(14)6-15-9/h2-3,8-9H,4-6H2,1H3. The van der Waals surface area contributed by atoms with Crippen LogP contribution in [0.3, 0.4) is 0 Å². The topological polar surface area (TPSA) is 25.4 Å². The van der Waals surface area contributed by atoms with Crippen LogP contribution in [0.25, 0.3) is 0 Å². The third kappa shape index (κ3) is 1.47. The quantitative estimate of drug-likeness (QED) is 0.781. The molecule has 0 N–H and O–H groups in total. The fourth-order valence-electron chi connectivity index (χ4n) is 2.39. The van der Waals surface area contributed by atoms with E-state index in [4.69, 9.17) is 4.74 Å². The van der Waals surface area contributed by atoms with E-state index in [-0.39, 0.29) is 0 Å². The molecular weight excluding hydrogens is 256 g/mol. The minimum absolute atomic E-state index is 0.421. The van der Waals surface area contributed by atoms with Crippen molar-refractivity contribution in [2.45, 2.75) is 25.5 Å². The molecule has 0 aromatic carbocycles. The first-order chi connectivity index (χ1) is 7.25. The Morgan fingerprint density at radius 1 is 1.60 bits per heavy atom. The molecule has 0 aliphatic carbocycles.